The van der Waals surface area contributed by atoms with Gasteiger partial charge in [-0.25, -0.2) is 0 Å². The van der Waals surface area contributed by atoms with Crippen molar-refractivity contribution < 1.29 is 24.4 Å². The molecular formula is C20H21O5P. The lowest BCUT2D eigenvalue weighted by Crippen LogP contribution is -2.44. The van der Waals surface area contributed by atoms with Gasteiger partial charge in [0, 0.05) is 6.16 Å². The Kier molecular flexibility index (Phi) is 7.05. The summed E-state index contributed by atoms with van der Waals surface area (Å²) in [6.45, 7) is 0. The van der Waals surface area contributed by atoms with Crippen molar-refractivity contribution in [1.82, 2.24) is 0 Å². The molecule has 0 heterocycles. The van der Waals surface area contributed by atoms with Crippen LogP contribution in [0.25, 0.3) is 0 Å². The first-order chi connectivity index (χ1) is 12.5. The summed E-state index contributed by atoms with van der Waals surface area (Å²) in [5.74, 6) is -2.93. The Bertz CT molecular complexity index is 704. The van der Waals surface area contributed by atoms with Crippen molar-refractivity contribution in [3.8, 4) is 0 Å². The Balaban J connectivity index is 2.52. The lowest BCUT2D eigenvalue weighted by atomic mass is 9.67. The number of carboxylic acid groups (broad SMARTS) is 2. The van der Waals surface area contributed by atoms with Crippen molar-refractivity contribution in [3.63, 3.8) is 0 Å². The lowest BCUT2D eigenvalue weighted by Gasteiger charge is -2.36. The molecule has 6 heteroatoms. The normalized spacial score (nSPS) is 12.6. The minimum absolute atomic E-state index is 0.0156. The van der Waals surface area contributed by atoms with Crippen LogP contribution in [0.2, 0.25) is 0 Å². The zero-order valence-corrected chi connectivity index (χ0v) is 15.1. The molecule has 0 aliphatic heterocycles. The van der Waals surface area contributed by atoms with Crippen molar-refractivity contribution >= 4 is 20.4 Å². The monoisotopic (exact) mass is 372 g/mol. The highest BCUT2D eigenvalue weighted by Gasteiger charge is 2.46. The summed E-state index contributed by atoms with van der Waals surface area (Å²) in [6.07, 6.45) is -0.0173. The van der Waals surface area contributed by atoms with Crippen molar-refractivity contribution in [2.45, 2.75) is 19.3 Å². The van der Waals surface area contributed by atoms with Crippen LogP contribution >= 0.6 is 8.46 Å². The van der Waals surface area contributed by atoms with E-state index in [4.69, 9.17) is 0 Å². The van der Waals surface area contributed by atoms with Crippen molar-refractivity contribution in [3.05, 3.63) is 71.8 Å². The van der Waals surface area contributed by atoms with Gasteiger partial charge in [0.2, 0.25) is 0 Å². The van der Waals surface area contributed by atoms with E-state index < -0.39 is 23.3 Å². The third kappa shape index (κ3) is 4.99. The van der Waals surface area contributed by atoms with E-state index in [9.17, 15) is 24.4 Å². The van der Waals surface area contributed by atoms with Gasteiger partial charge in [0.1, 0.15) is 0 Å². The second kappa shape index (κ2) is 9.25. The Labute approximate surface area is 153 Å². The zero-order valence-electron chi connectivity index (χ0n) is 14.2. The van der Waals surface area contributed by atoms with Gasteiger partial charge in [-0.15, -0.1) is 0 Å². The number of carboxylic acids is 2. The Morgan fingerprint density at radius 3 is 1.69 bits per heavy atom. The maximum Gasteiger partial charge on any atom is 0.310 e. The van der Waals surface area contributed by atoms with Gasteiger partial charge in [-0.05, 0) is 29.9 Å². The zero-order chi connectivity index (χ0) is 19.0. The second-order valence-corrected chi connectivity index (χ2v) is 7.02. The maximum absolute atomic E-state index is 12.4. The Hall–Kier alpha value is -2.52. The summed E-state index contributed by atoms with van der Waals surface area (Å²) >= 11 is 0. The molecule has 5 nitrogen and oxygen atoms in total. The molecule has 0 saturated heterocycles. The molecule has 0 bridgehead atoms. The van der Waals surface area contributed by atoms with Crippen molar-refractivity contribution in [1.29, 1.82) is 0 Å². The average Bonchev–Trinajstić information content (AvgIpc) is 2.62. The number of carbonyl (C=O) groups is 2. The quantitative estimate of drug-likeness (QED) is 0.617. The van der Waals surface area contributed by atoms with Crippen LogP contribution in [0.15, 0.2) is 60.7 Å². The van der Waals surface area contributed by atoms with Crippen LogP contribution in [-0.2, 0) is 27.0 Å². The van der Waals surface area contributed by atoms with Crippen LogP contribution in [0, 0.1) is 11.3 Å². The Morgan fingerprint density at radius 2 is 1.35 bits per heavy atom. The molecule has 1 atom stereocenters. The third-order valence-electron chi connectivity index (χ3n) is 4.65. The molecule has 2 N–H and O–H groups in total. The van der Waals surface area contributed by atoms with Crippen LogP contribution in [0.5, 0.6) is 0 Å². The van der Waals surface area contributed by atoms with Gasteiger partial charge in [-0.3, -0.25) is 14.2 Å². The minimum atomic E-state index is -1.36. The van der Waals surface area contributed by atoms with Crippen LogP contribution in [0.1, 0.15) is 17.5 Å². The molecule has 0 aliphatic carbocycles. The largest absolute Gasteiger partial charge is 0.481 e. The van der Waals surface area contributed by atoms with Crippen molar-refractivity contribution in [2.75, 3.05) is 6.16 Å². The minimum Gasteiger partial charge on any atom is -0.481 e. The number of benzene rings is 2. The lowest BCUT2D eigenvalue weighted by molar-refractivity contribution is -0.154. The molecule has 2 aromatic rings. The molecular weight excluding hydrogens is 351 g/mol. The summed E-state index contributed by atoms with van der Waals surface area (Å²) in [5, 5.41) is 19.4. The van der Waals surface area contributed by atoms with E-state index in [0.717, 1.165) is 11.1 Å². The predicted molar refractivity (Wildman–Crippen MR) is 98.6 cm³/mol. The summed E-state index contributed by atoms with van der Waals surface area (Å²) in [7, 11) is -0.255. The molecule has 136 valence electrons. The van der Waals surface area contributed by atoms with Crippen LogP contribution < -0.4 is 0 Å². The maximum atomic E-state index is 12.4. The molecule has 26 heavy (non-hydrogen) atoms. The molecule has 1 unspecified atom stereocenters. The highest BCUT2D eigenvalue weighted by atomic mass is 31.1. The van der Waals surface area contributed by atoms with Crippen molar-refractivity contribution in [2.24, 2.45) is 11.3 Å². The number of hydrogen-bond acceptors (Lipinski definition) is 3. The molecule has 0 saturated carbocycles. The molecule has 2 aromatic carbocycles. The topological polar surface area (TPSA) is 91.7 Å². The van der Waals surface area contributed by atoms with Crippen LogP contribution in [-0.4, -0.2) is 28.3 Å². The van der Waals surface area contributed by atoms with Gasteiger partial charge < -0.3 is 10.2 Å². The standard InChI is InChI=1S/C20H21O5P/c21-18(22)11-17(14-26-25)20(19(23)24,12-15-7-3-1-4-8-15)13-16-9-5-2-6-10-16/h1-10,17H,11-14H2,(H,21,22)(H,23,24). The molecule has 2 rings (SSSR count). The van der Waals surface area contributed by atoms with Gasteiger partial charge in [0.05, 0.1) is 11.8 Å². The highest BCUT2D eigenvalue weighted by molar-refractivity contribution is 7.23. The molecule has 0 fully saturated rings. The summed E-state index contributed by atoms with van der Waals surface area (Å²) in [5.41, 5.74) is 0.256. The molecule has 0 amide bonds. The summed E-state index contributed by atoms with van der Waals surface area (Å²) < 4.78 is 11.3. The van der Waals surface area contributed by atoms with E-state index in [0.29, 0.717) is 0 Å². The molecule has 0 aromatic heterocycles. The first-order valence-corrected chi connectivity index (χ1v) is 9.30. The molecule has 0 radical (unpaired) electrons. The second-order valence-electron chi connectivity index (χ2n) is 6.39. The van der Waals surface area contributed by atoms with Crippen LogP contribution in [0.3, 0.4) is 0 Å². The van der Waals surface area contributed by atoms with E-state index in [-0.39, 0.29) is 33.9 Å². The van der Waals surface area contributed by atoms with Gasteiger partial charge in [0.15, 0.2) is 8.46 Å². The van der Waals surface area contributed by atoms with E-state index >= 15 is 0 Å². The van der Waals surface area contributed by atoms with Gasteiger partial charge in [0.25, 0.3) is 0 Å². The molecule has 0 spiro atoms. The third-order valence-corrected chi connectivity index (χ3v) is 5.24. The first-order valence-electron chi connectivity index (χ1n) is 8.30. The number of aliphatic carboxylic acids is 2. The van der Waals surface area contributed by atoms with Crippen LogP contribution in [0.4, 0.5) is 0 Å². The smallest absolute Gasteiger partial charge is 0.310 e. The number of rotatable bonds is 10. The Morgan fingerprint density at radius 1 is 0.885 bits per heavy atom. The summed E-state index contributed by atoms with van der Waals surface area (Å²) in [6, 6.07) is 18.3. The van der Waals surface area contributed by atoms with Gasteiger partial charge in [-0.1, -0.05) is 60.7 Å². The fraction of sp³-hybridized carbons (Fsp3) is 0.300. The highest BCUT2D eigenvalue weighted by Crippen LogP contribution is 2.40. The van der Waals surface area contributed by atoms with E-state index in [1.165, 1.54) is 0 Å². The van der Waals surface area contributed by atoms with E-state index in [2.05, 4.69) is 0 Å². The summed E-state index contributed by atoms with van der Waals surface area (Å²) in [4.78, 5) is 23.8. The van der Waals surface area contributed by atoms with Gasteiger partial charge in [-0.2, -0.15) is 0 Å². The van der Waals surface area contributed by atoms with Gasteiger partial charge >= 0.3 is 11.9 Å². The fourth-order valence-corrected chi connectivity index (χ4v) is 3.99. The molecule has 0 aliphatic rings. The first kappa shape index (κ1) is 19.8. The number of hydrogen-bond donors (Lipinski definition) is 2. The van der Waals surface area contributed by atoms with E-state index in [1.807, 2.05) is 60.7 Å². The fourth-order valence-electron chi connectivity index (χ4n) is 3.33. The predicted octanol–water partition coefficient (Wildman–Crippen LogP) is 3.93. The van der Waals surface area contributed by atoms with E-state index in [1.54, 1.807) is 0 Å². The SMILES string of the molecule is O=PCC(CC(=O)O)C(Cc1ccccc1)(Cc1ccccc1)C(=O)O. The average molecular weight is 372 g/mol.